The fraction of sp³-hybridized carbons (Fsp3) is 0.435. The van der Waals surface area contributed by atoms with Crippen LogP contribution in [0.15, 0.2) is 48.5 Å². The second-order valence-electron chi connectivity index (χ2n) is 7.55. The van der Waals surface area contributed by atoms with Crippen molar-refractivity contribution in [2.24, 2.45) is 0 Å². The van der Waals surface area contributed by atoms with Gasteiger partial charge in [-0.2, -0.15) is 0 Å². The van der Waals surface area contributed by atoms with Crippen molar-refractivity contribution >= 4 is 5.91 Å². The van der Waals surface area contributed by atoms with Crippen LogP contribution in [0, 0.1) is 5.82 Å². The van der Waals surface area contributed by atoms with E-state index < -0.39 is 6.10 Å². The number of aliphatic hydroxyl groups excluding tert-OH is 1. The summed E-state index contributed by atoms with van der Waals surface area (Å²) in [5, 5.41) is 13.2. The zero-order valence-corrected chi connectivity index (χ0v) is 17.5. The Morgan fingerprint density at radius 3 is 2.52 bits per heavy atom. The molecule has 2 rings (SSSR count). The van der Waals surface area contributed by atoms with Gasteiger partial charge in [-0.05, 0) is 42.2 Å². The summed E-state index contributed by atoms with van der Waals surface area (Å²) in [6.45, 7) is 8.12. The first-order valence-electron chi connectivity index (χ1n) is 10.1. The van der Waals surface area contributed by atoms with Gasteiger partial charge in [0.05, 0.1) is 6.54 Å². The predicted octanol–water partition coefficient (Wildman–Crippen LogP) is 1.91. The van der Waals surface area contributed by atoms with Crippen LogP contribution < -0.4 is 15.0 Å². The normalized spacial score (nSPS) is 13.2. The van der Waals surface area contributed by atoms with Crippen LogP contribution in [0.1, 0.15) is 37.8 Å². The van der Waals surface area contributed by atoms with Crippen molar-refractivity contribution in [1.29, 1.82) is 0 Å². The largest absolute Gasteiger partial charge is 0.490 e. The van der Waals surface area contributed by atoms with E-state index in [1.54, 1.807) is 12.1 Å². The van der Waals surface area contributed by atoms with Crippen molar-refractivity contribution < 1.29 is 23.9 Å². The molecule has 0 fully saturated rings. The summed E-state index contributed by atoms with van der Waals surface area (Å²) in [5.74, 6) is 0.723. The zero-order chi connectivity index (χ0) is 21.2. The highest BCUT2D eigenvalue weighted by Crippen LogP contribution is 2.25. The van der Waals surface area contributed by atoms with Crippen LogP contribution in [0.5, 0.6) is 5.75 Å². The fourth-order valence-electron chi connectivity index (χ4n) is 3.10. The van der Waals surface area contributed by atoms with Gasteiger partial charge in [-0.15, -0.1) is 0 Å². The molecule has 0 aliphatic heterocycles. The molecular weight excluding hydrogens is 371 g/mol. The van der Waals surface area contributed by atoms with Gasteiger partial charge in [-0.3, -0.25) is 4.79 Å². The zero-order valence-electron chi connectivity index (χ0n) is 17.5. The minimum Gasteiger partial charge on any atom is -0.490 e. The maximum Gasteiger partial charge on any atom is 0.275 e. The molecule has 1 amide bonds. The molecule has 0 saturated carbocycles. The Morgan fingerprint density at radius 1 is 1.17 bits per heavy atom. The lowest BCUT2D eigenvalue weighted by atomic mass is 10.0. The summed E-state index contributed by atoms with van der Waals surface area (Å²) >= 11 is 0. The van der Waals surface area contributed by atoms with Gasteiger partial charge in [0.25, 0.3) is 5.91 Å². The summed E-state index contributed by atoms with van der Waals surface area (Å²) in [4.78, 5) is 13.2. The third-order valence-electron chi connectivity index (χ3n) is 4.81. The van der Waals surface area contributed by atoms with Crippen LogP contribution >= 0.6 is 0 Å². The van der Waals surface area contributed by atoms with Crippen molar-refractivity contribution in [3.05, 3.63) is 65.5 Å². The van der Waals surface area contributed by atoms with Crippen LogP contribution in [0.2, 0.25) is 0 Å². The molecule has 0 heterocycles. The average Bonchev–Trinajstić information content (AvgIpc) is 2.71. The molecule has 0 aliphatic rings. The van der Waals surface area contributed by atoms with Crippen molar-refractivity contribution in [3.63, 3.8) is 0 Å². The molecule has 6 heteroatoms. The maximum absolute atomic E-state index is 12.9. The Labute approximate surface area is 172 Å². The summed E-state index contributed by atoms with van der Waals surface area (Å²) in [7, 11) is 0. The highest BCUT2D eigenvalue weighted by molar-refractivity contribution is 5.76. The number of nitrogens with one attached hydrogen (secondary N) is 2. The molecule has 0 aliphatic carbocycles. The van der Waals surface area contributed by atoms with E-state index in [1.165, 1.54) is 12.1 Å². The second-order valence-corrected chi connectivity index (χ2v) is 7.55. The maximum atomic E-state index is 12.9. The number of rotatable bonds is 11. The van der Waals surface area contributed by atoms with Gasteiger partial charge >= 0.3 is 0 Å². The number of aliphatic hydroxyl groups is 1. The number of likely N-dealkylation sites (N-methyl/N-ethyl adjacent to an activating group) is 1. The number of ether oxygens (including phenoxy) is 1. The second kappa shape index (κ2) is 11.5. The third-order valence-corrected chi connectivity index (χ3v) is 4.81. The Balaban J connectivity index is 1.78. The quantitative estimate of drug-likeness (QED) is 0.537. The van der Waals surface area contributed by atoms with Crippen LogP contribution in [-0.2, 0) is 11.3 Å². The summed E-state index contributed by atoms with van der Waals surface area (Å²) in [6, 6.07) is 13.9. The first-order valence-corrected chi connectivity index (χ1v) is 10.1. The molecule has 3 N–H and O–H groups in total. The highest BCUT2D eigenvalue weighted by atomic mass is 19.1. The van der Waals surface area contributed by atoms with Crippen molar-refractivity contribution in [1.82, 2.24) is 5.32 Å². The smallest absolute Gasteiger partial charge is 0.275 e. The van der Waals surface area contributed by atoms with Gasteiger partial charge in [-0.25, -0.2) is 4.39 Å². The molecule has 0 aromatic heterocycles. The number of benzene rings is 2. The van der Waals surface area contributed by atoms with Crippen molar-refractivity contribution in [2.75, 3.05) is 26.2 Å². The van der Waals surface area contributed by atoms with E-state index in [2.05, 4.69) is 19.2 Å². The molecule has 0 radical (unpaired) electrons. The summed E-state index contributed by atoms with van der Waals surface area (Å²) < 4.78 is 18.8. The number of amides is 1. The van der Waals surface area contributed by atoms with E-state index in [0.29, 0.717) is 25.6 Å². The SMILES string of the molecule is CC[NH+](CC(=O)NCc1ccc(F)cc1)C[C@@H](O)COc1ccccc1C(C)C. The van der Waals surface area contributed by atoms with Gasteiger partial charge in [0.2, 0.25) is 0 Å². The molecule has 1 unspecified atom stereocenters. The minimum atomic E-state index is -0.671. The summed E-state index contributed by atoms with van der Waals surface area (Å²) in [5.41, 5.74) is 1.95. The predicted molar refractivity (Wildman–Crippen MR) is 112 cm³/mol. The number of carbonyl (C=O) groups is 1. The lowest BCUT2D eigenvalue weighted by Gasteiger charge is -2.21. The molecule has 2 aromatic carbocycles. The molecular formula is C23H32FN2O3+. The van der Waals surface area contributed by atoms with Crippen molar-refractivity contribution in [3.8, 4) is 5.75 Å². The molecule has 5 nitrogen and oxygen atoms in total. The minimum absolute atomic E-state index is 0.107. The number of halogens is 1. The average molecular weight is 404 g/mol. The van der Waals surface area contributed by atoms with E-state index in [9.17, 15) is 14.3 Å². The lowest BCUT2D eigenvalue weighted by molar-refractivity contribution is -0.893. The Morgan fingerprint density at radius 2 is 1.86 bits per heavy atom. The van der Waals surface area contributed by atoms with E-state index in [-0.39, 0.29) is 24.9 Å². The van der Waals surface area contributed by atoms with Gasteiger partial charge < -0.3 is 20.1 Å². The molecule has 0 saturated heterocycles. The van der Waals surface area contributed by atoms with Crippen LogP contribution in [-0.4, -0.2) is 43.4 Å². The molecule has 29 heavy (non-hydrogen) atoms. The molecule has 2 aromatic rings. The Bertz CT molecular complexity index is 765. The Kier molecular flexibility index (Phi) is 9.09. The first kappa shape index (κ1) is 22.8. The van der Waals surface area contributed by atoms with E-state index >= 15 is 0 Å². The van der Waals surface area contributed by atoms with Crippen LogP contribution in [0.4, 0.5) is 4.39 Å². The fourth-order valence-corrected chi connectivity index (χ4v) is 3.10. The van der Waals surface area contributed by atoms with Gasteiger partial charge in [0.15, 0.2) is 6.54 Å². The van der Waals surface area contributed by atoms with Gasteiger partial charge in [0, 0.05) is 6.54 Å². The molecule has 0 spiro atoms. The highest BCUT2D eigenvalue weighted by Gasteiger charge is 2.18. The third kappa shape index (κ3) is 7.83. The standard InChI is InChI=1S/C23H31FN2O3/c1-4-26(15-23(28)25-13-18-9-11-19(24)12-10-18)14-20(27)16-29-22-8-6-5-7-21(22)17(2)3/h5-12,17,20,27H,4,13-16H2,1-3H3,(H,25,28)/p+1/t20-/m1/s1. The number of hydrogen-bond acceptors (Lipinski definition) is 3. The number of quaternary nitrogens is 1. The number of carbonyl (C=O) groups excluding carboxylic acids is 1. The lowest BCUT2D eigenvalue weighted by Crippen LogP contribution is -3.14. The first-order chi connectivity index (χ1) is 13.9. The van der Waals surface area contributed by atoms with Gasteiger partial charge in [0.1, 0.15) is 30.8 Å². The monoisotopic (exact) mass is 403 g/mol. The van der Waals surface area contributed by atoms with Crippen LogP contribution in [0.25, 0.3) is 0 Å². The van der Waals surface area contributed by atoms with E-state index in [0.717, 1.165) is 21.8 Å². The number of para-hydroxylation sites is 1. The molecule has 2 atom stereocenters. The molecule has 158 valence electrons. The number of hydrogen-bond donors (Lipinski definition) is 3. The Hall–Kier alpha value is -2.44. The van der Waals surface area contributed by atoms with E-state index in [1.807, 2.05) is 31.2 Å². The topological polar surface area (TPSA) is 63.0 Å². The van der Waals surface area contributed by atoms with Crippen molar-refractivity contribution in [2.45, 2.75) is 39.3 Å². The molecule has 0 bridgehead atoms. The van der Waals surface area contributed by atoms with E-state index in [4.69, 9.17) is 4.74 Å². The summed E-state index contributed by atoms with van der Waals surface area (Å²) in [6.07, 6.45) is -0.671. The van der Waals surface area contributed by atoms with Gasteiger partial charge in [-0.1, -0.05) is 44.2 Å². The van der Waals surface area contributed by atoms with Crippen LogP contribution in [0.3, 0.4) is 0 Å².